The molecule has 2 aromatic carbocycles. The minimum absolute atomic E-state index is 0.00896. The Kier molecular flexibility index (Phi) is 5.05. The minimum Gasteiger partial charge on any atom is -0.370 e. The highest BCUT2D eigenvalue weighted by molar-refractivity contribution is 6.14. The van der Waals surface area contributed by atoms with Crippen molar-refractivity contribution >= 4 is 29.3 Å². The first-order valence-corrected chi connectivity index (χ1v) is 11.3. The predicted octanol–water partition coefficient (Wildman–Crippen LogP) is 0.602. The van der Waals surface area contributed by atoms with Crippen molar-refractivity contribution in [1.29, 1.82) is 0 Å². The molecular weight excluding hydrogens is 439 g/mol. The summed E-state index contributed by atoms with van der Waals surface area (Å²) in [5.41, 5.74) is 7.95. The van der Waals surface area contributed by atoms with E-state index >= 15 is 0 Å². The van der Waals surface area contributed by atoms with Gasteiger partial charge in [0.2, 0.25) is 23.3 Å². The number of anilines is 1. The summed E-state index contributed by atoms with van der Waals surface area (Å²) in [4.78, 5) is 53.6. The normalized spacial score (nSPS) is 27.3. The van der Waals surface area contributed by atoms with Crippen LogP contribution in [0, 0.1) is 31.5 Å². The van der Waals surface area contributed by atoms with Gasteiger partial charge in [-0.05, 0) is 48.7 Å². The number of carbonyl (C=O) groups excluding carboxylic acids is 4. The van der Waals surface area contributed by atoms with Crippen molar-refractivity contribution in [3.8, 4) is 0 Å². The molecule has 0 aliphatic carbocycles. The van der Waals surface area contributed by atoms with E-state index < -0.39 is 41.0 Å². The number of benzene rings is 2. The molecular formula is C25H26FN4O4+. The average molecular weight is 466 g/mol. The van der Waals surface area contributed by atoms with Gasteiger partial charge >= 0.3 is 0 Å². The number of nitrogens with one attached hydrogen (secondary N) is 1. The van der Waals surface area contributed by atoms with Crippen LogP contribution in [0.25, 0.3) is 0 Å². The minimum atomic E-state index is -1.30. The van der Waals surface area contributed by atoms with Crippen LogP contribution in [0.3, 0.4) is 0 Å². The number of hydrogen-bond donors (Lipinski definition) is 3. The third-order valence-corrected chi connectivity index (χ3v) is 7.64. The molecule has 34 heavy (non-hydrogen) atoms. The number of quaternary nitrogens is 1. The molecule has 5 N–H and O–H groups in total. The first kappa shape index (κ1) is 22.2. The molecule has 2 fully saturated rings. The SMILES string of the molecule is Cc1ccc2c(c1C)NC(=O)[C@@]21[NH2+][C@@H](CCC(N)=O)[C@H]2C(=O)N(Cc3ccc(F)cc3)C(=O)[C@H]21. The topological polar surface area (TPSA) is 126 Å². The molecule has 176 valence electrons. The lowest BCUT2D eigenvalue weighted by molar-refractivity contribution is -0.734. The van der Waals surface area contributed by atoms with E-state index in [1.54, 1.807) is 5.32 Å². The van der Waals surface area contributed by atoms with Gasteiger partial charge in [0.25, 0.3) is 5.91 Å². The molecule has 4 atom stereocenters. The van der Waals surface area contributed by atoms with E-state index in [9.17, 15) is 23.6 Å². The van der Waals surface area contributed by atoms with E-state index in [4.69, 9.17) is 5.73 Å². The molecule has 2 aromatic rings. The van der Waals surface area contributed by atoms with Crippen molar-refractivity contribution in [2.75, 3.05) is 5.32 Å². The molecule has 0 radical (unpaired) electrons. The van der Waals surface area contributed by atoms with Crippen molar-refractivity contribution in [3.63, 3.8) is 0 Å². The second kappa shape index (κ2) is 7.73. The lowest BCUT2D eigenvalue weighted by Crippen LogP contribution is -2.99. The van der Waals surface area contributed by atoms with Crippen LogP contribution < -0.4 is 16.4 Å². The van der Waals surface area contributed by atoms with Crippen molar-refractivity contribution in [2.24, 2.45) is 17.6 Å². The van der Waals surface area contributed by atoms with E-state index in [-0.39, 0.29) is 31.2 Å². The number of aryl methyl sites for hydroxylation is 1. The summed E-state index contributed by atoms with van der Waals surface area (Å²) in [6, 6.07) is 8.90. The summed E-state index contributed by atoms with van der Waals surface area (Å²) in [5, 5.41) is 4.76. The summed E-state index contributed by atoms with van der Waals surface area (Å²) in [6.07, 6.45) is 0.316. The Labute approximate surface area is 195 Å². The van der Waals surface area contributed by atoms with Crippen LogP contribution in [0.4, 0.5) is 10.1 Å². The number of likely N-dealkylation sites (tertiary alicyclic amines) is 1. The molecule has 3 aliphatic rings. The van der Waals surface area contributed by atoms with Crippen LogP contribution in [0.15, 0.2) is 36.4 Å². The summed E-state index contributed by atoms with van der Waals surface area (Å²) in [5.74, 6) is -3.76. The molecule has 0 aromatic heterocycles. The standard InChI is InChI=1S/C25H25FN4O4/c1-12-3-8-16-21(13(12)2)28-24(34)25(16)20-19(17(29-25)9-10-18(27)31)22(32)30(23(20)33)11-14-4-6-15(26)7-5-14/h3-8,17,19-20,29H,9-11H2,1-2H3,(H2,27,31)(H,28,34)/p+1/t17-,19+,20-,25+/m0/s1. The fraction of sp³-hybridized carbons (Fsp3) is 0.360. The molecule has 0 bridgehead atoms. The fourth-order valence-corrected chi connectivity index (χ4v) is 5.84. The molecule has 5 rings (SSSR count). The average Bonchev–Trinajstić information content (AvgIpc) is 3.37. The van der Waals surface area contributed by atoms with E-state index in [1.165, 1.54) is 29.2 Å². The Morgan fingerprint density at radius 1 is 1.12 bits per heavy atom. The van der Waals surface area contributed by atoms with E-state index in [0.717, 1.165) is 11.1 Å². The third-order valence-electron chi connectivity index (χ3n) is 7.64. The number of halogens is 1. The van der Waals surface area contributed by atoms with E-state index in [2.05, 4.69) is 5.32 Å². The zero-order valence-electron chi connectivity index (χ0n) is 18.9. The fourth-order valence-electron chi connectivity index (χ4n) is 5.84. The largest absolute Gasteiger partial charge is 0.370 e. The number of nitrogens with two attached hydrogens (primary N) is 2. The van der Waals surface area contributed by atoms with Crippen molar-refractivity contribution in [2.45, 2.75) is 44.8 Å². The molecule has 2 saturated heterocycles. The number of imide groups is 1. The number of rotatable bonds is 5. The summed E-state index contributed by atoms with van der Waals surface area (Å²) >= 11 is 0. The molecule has 0 unspecified atom stereocenters. The van der Waals surface area contributed by atoms with Crippen molar-refractivity contribution < 1.29 is 28.9 Å². The van der Waals surface area contributed by atoms with Crippen LogP contribution >= 0.6 is 0 Å². The number of fused-ring (bicyclic) bond motifs is 4. The predicted molar refractivity (Wildman–Crippen MR) is 119 cm³/mol. The number of carbonyl (C=O) groups is 4. The van der Waals surface area contributed by atoms with Crippen LogP contribution in [0.5, 0.6) is 0 Å². The summed E-state index contributed by atoms with van der Waals surface area (Å²) in [6.45, 7) is 3.84. The van der Waals surface area contributed by atoms with Gasteiger partial charge in [0.1, 0.15) is 23.7 Å². The first-order valence-electron chi connectivity index (χ1n) is 11.3. The Morgan fingerprint density at radius 2 is 1.82 bits per heavy atom. The first-order chi connectivity index (χ1) is 16.1. The van der Waals surface area contributed by atoms with Gasteiger partial charge in [0.15, 0.2) is 0 Å². The monoisotopic (exact) mass is 465 g/mol. The van der Waals surface area contributed by atoms with E-state index in [0.29, 0.717) is 16.8 Å². The molecule has 8 nitrogen and oxygen atoms in total. The number of amides is 4. The highest BCUT2D eigenvalue weighted by atomic mass is 19.1. The summed E-state index contributed by atoms with van der Waals surface area (Å²) < 4.78 is 13.4. The highest BCUT2D eigenvalue weighted by Crippen LogP contribution is 2.50. The van der Waals surface area contributed by atoms with Gasteiger partial charge in [-0.25, -0.2) is 4.39 Å². The van der Waals surface area contributed by atoms with Gasteiger partial charge in [0.05, 0.1) is 12.2 Å². The smallest absolute Gasteiger partial charge is 0.291 e. The summed E-state index contributed by atoms with van der Waals surface area (Å²) in [7, 11) is 0. The molecule has 1 spiro atoms. The Hall–Kier alpha value is -3.59. The van der Waals surface area contributed by atoms with E-state index in [1.807, 2.05) is 26.0 Å². The zero-order chi connectivity index (χ0) is 24.4. The van der Waals surface area contributed by atoms with Gasteiger partial charge in [-0.15, -0.1) is 0 Å². The van der Waals surface area contributed by atoms with Gasteiger partial charge in [-0.2, -0.15) is 0 Å². The Bertz CT molecular complexity index is 1240. The van der Waals surface area contributed by atoms with Crippen LogP contribution in [0.1, 0.15) is 35.1 Å². The maximum atomic E-state index is 13.8. The van der Waals surface area contributed by atoms with Gasteiger partial charge in [-0.3, -0.25) is 24.1 Å². The number of hydrogen-bond acceptors (Lipinski definition) is 4. The Balaban J connectivity index is 1.59. The quantitative estimate of drug-likeness (QED) is 0.559. The molecule has 4 amide bonds. The third kappa shape index (κ3) is 3.07. The van der Waals surface area contributed by atoms with Crippen LogP contribution in [-0.4, -0.2) is 34.6 Å². The molecule has 9 heteroatoms. The molecule has 3 aliphatic heterocycles. The maximum absolute atomic E-state index is 13.8. The van der Waals surface area contributed by atoms with Gasteiger partial charge in [0, 0.05) is 18.4 Å². The van der Waals surface area contributed by atoms with Crippen molar-refractivity contribution in [1.82, 2.24) is 4.90 Å². The van der Waals surface area contributed by atoms with Gasteiger partial charge < -0.3 is 16.4 Å². The number of nitrogens with zero attached hydrogens (tertiary/aromatic N) is 1. The maximum Gasteiger partial charge on any atom is 0.291 e. The van der Waals surface area contributed by atoms with Crippen molar-refractivity contribution in [3.05, 3.63) is 64.5 Å². The van der Waals surface area contributed by atoms with Crippen LogP contribution in [-0.2, 0) is 31.3 Å². The number of primary amides is 1. The highest BCUT2D eigenvalue weighted by Gasteiger charge is 2.74. The van der Waals surface area contributed by atoms with Gasteiger partial charge in [-0.1, -0.05) is 18.2 Å². The molecule has 3 heterocycles. The molecule has 0 saturated carbocycles. The second-order valence-corrected chi connectivity index (χ2v) is 9.48. The Morgan fingerprint density at radius 3 is 2.50 bits per heavy atom. The van der Waals surface area contributed by atoms with Crippen LogP contribution in [0.2, 0.25) is 0 Å². The zero-order valence-corrected chi connectivity index (χ0v) is 18.9. The lowest BCUT2D eigenvalue weighted by atomic mass is 9.76. The second-order valence-electron chi connectivity index (χ2n) is 9.48. The lowest BCUT2D eigenvalue weighted by Gasteiger charge is -2.26.